The predicted molar refractivity (Wildman–Crippen MR) is 128 cm³/mol. The third-order valence-electron chi connectivity index (χ3n) is 5.52. The molecule has 0 bridgehead atoms. The van der Waals surface area contributed by atoms with Gasteiger partial charge in [-0.05, 0) is 57.0 Å². The fourth-order valence-corrected chi connectivity index (χ4v) is 5.00. The van der Waals surface area contributed by atoms with Crippen LogP contribution in [0.25, 0.3) is 5.69 Å². The highest BCUT2D eigenvalue weighted by Gasteiger charge is 2.30. The van der Waals surface area contributed by atoms with Gasteiger partial charge >= 0.3 is 0 Å². The molecule has 0 unspecified atom stereocenters. The van der Waals surface area contributed by atoms with Gasteiger partial charge in [0.2, 0.25) is 5.91 Å². The van der Waals surface area contributed by atoms with E-state index in [2.05, 4.69) is 36.2 Å². The number of halogens is 1. The Bertz CT molecular complexity index is 1150. The third-order valence-corrected chi connectivity index (χ3v) is 6.91. The summed E-state index contributed by atoms with van der Waals surface area (Å²) >= 11 is 4.88. The van der Waals surface area contributed by atoms with Crippen LogP contribution >= 0.6 is 27.7 Å². The molecule has 3 heterocycles. The number of benzene rings is 1. The molecular formula is C22H24BrN7O2S. The van der Waals surface area contributed by atoms with Gasteiger partial charge in [0.25, 0.3) is 5.91 Å². The number of likely N-dealkylation sites (tertiary alicyclic amines) is 1. The minimum absolute atomic E-state index is 0.191. The molecule has 1 aliphatic heterocycles. The van der Waals surface area contributed by atoms with Crippen LogP contribution in [0.3, 0.4) is 0 Å². The normalized spacial score (nSPS) is 14.5. The summed E-state index contributed by atoms with van der Waals surface area (Å²) in [6.07, 6.45) is 1.12. The van der Waals surface area contributed by atoms with Crippen molar-refractivity contribution in [3.05, 3.63) is 57.6 Å². The molecule has 1 saturated heterocycles. The van der Waals surface area contributed by atoms with Gasteiger partial charge in [0.05, 0.1) is 11.4 Å². The lowest BCUT2D eigenvalue weighted by Crippen LogP contribution is -2.42. The van der Waals surface area contributed by atoms with Crippen LogP contribution in [0.4, 0.5) is 0 Å². The number of carbonyl (C=O) groups excluding carboxylic acids is 2. The highest BCUT2D eigenvalue weighted by atomic mass is 79.9. The molecular weight excluding hydrogens is 506 g/mol. The van der Waals surface area contributed by atoms with Gasteiger partial charge in [0.1, 0.15) is 0 Å². The molecule has 4 rings (SSSR count). The zero-order valence-corrected chi connectivity index (χ0v) is 20.8. The second-order valence-electron chi connectivity index (χ2n) is 7.96. The van der Waals surface area contributed by atoms with E-state index in [0.717, 1.165) is 21.5 Å². The molecule has 2 amide bonds. The molecule has 0 atom stereocenters. The molecule has 0 radical (unpaired) electrons. The van der Waals surface area contributed by atoms with Crippen molar-refractivity contribution in [2.45, 2.75) is 37.6 Å². The van der Waals surface area contributed by atoms with Gasteiger partial charge < -0.3 is 10.6 Å². The van der Waals surface area contributed by atoms with E-state index < -0.39 is 0 Å². The van der Waals surface area contributed by atoms with Crippen LogP contribution in [-0.4, -0.2) is 54.8 Å². The lowest BCUT2D eigenvalue weighted by atomic mass is 9.96. The largest absolute Gasteiger partial charge is 0.369 e. The summed E-state index contributed by atoms with van der Waals surface area (Å²) in [4.78, 5) is 35.5. The molecule has 3 aromatic rings. The number of rotatable bonds is 6. The van der Waals surface area contributed by atoms with E-state index in [1.165, 1.54) is 11.8 Å². The Morgan fingerprint density at radius 2 is 1.76 bits per heavy atom. The lowest BCUT2D eigenvalue weighted by Gasteiger charge is -2.30. The Hall–Kier alpha value is -2.79. The fraction of sp³-hybridized carbons (Fsp3) is 0.364. The van der Waals surface area contributed by atoms with E-state index in [9.17, 15) is 9.59 Å². The fourth-order valence-electron chi connectivity index (χ4n) is 3.79. The highest BCUT2D eigenvalue weighted by molar-refractivity contribution is 9.10. The van der Waals surface area contributed by atoms with Crippen LogP contribution in [0, 0.1) is 19.8 Å². The van der Waals surface area contributed by atoms with Gasteiger partial charge in [0.15, 0.2) is 10.9 Å². The first-order valence-corrected chi connectivity index (χ1v) is 12.3. The molecule has 0 aliphatic carbocycles. The average molecular weight is 530 g/mol. The van der Waals surface area contributed by atoms with Gasteiger partial charge in [-0.1, -0.05) is 32.9 Å². The van der Waals surface area contributed by atoms with Crippen LogP contribution in [0.1, 0.15) is 40.4 Å². The number of thioether (sulfide) groups is 1. The van der Waals surface area contributed by atoms with Crippen LogP contribution in [0.2, 0.25) is 0 Å². The molecule has 2 aromatic heterocycles. The number of nitrogens with two attached hydrogens (primary N) is 1. The number of amides is 2. The quantitative estimate of drug-likeness (QED) is 0.384. The SMILES string of the molecule is Cc1cc(C)nc(SCc2c(C(=O)N3CCC(C(N)=O)CC3)nnn2-c2ccc(Br)cc2)n1. The van der Waals surface area contributed by atoms with Crippen LogP contribution in [0.5, 0.6) is 0 Å². The number of aryl methyl sites for hydroxylation is 2. The van der Waals surface area contributed by atoms with Crippen molar-refractivity contribution in [3.63, 3.8) is 0 Å². The molecule has 1 fully saturated rings. The van der Waals surface area contributed by atoms with Crippen molar-refractivity contribution < 1.29 is 9.59 Å². The topological polar surface area (TPSA) is 120 Å². The third kappa shape index (κ3) is 5.41. The Balaban J connectivity index is 1.63. The number of hydrogen-bond donors (Lipinski definition) is 1. The molecule has 2 N–H and O–H groups in total. The van der Waals surface area contributed by atoms with E-state index in [4.69, 9.17) is 5.73 Å². The summed E-state index contributed by atoms with van der Waals surface area (Å²) in [6, 6.07) is 9.57. The highest BCUT2D eigenvalue weighted by Crippen LogP contribution is 2.26. The maximum atomic E-state index is 13.4. The molecule has 9 nitrogen and oxygen atoms in total. The van der Waals surface area contributed by atoms with Crippen LogP contribution < -0.4 is 5.73 Å². The molecule has 0 spiro atoms. The number of piperidine rings is 1. The maximum Gasteiger partial charge on any atom is 0.276 e. The Morgan fingerprint density at radius 3 is 2.36 bits per heavy atom. The zero-order chi connectivity index (χ0) is 23.5. The van der Waals surface area contributed by atoms with Crippen molar-refractivity contribution in [2.24, 2.45) is 11.7 Å². The molecule has 1 aromatic carbocycles. The second-order valence-corrected chi connectivity index (χ2v) is 9.82. The average Bonchev–Trinajstić information content (AvgIpc) is 3.21. The number of carbonyl (C=O) groups is 2. The van der Waals surface area contributed by atoms with E-state index in [1.54, 1.807) is 9.58 Å². The maximum absolute atomic E-state index is 13.4. The van der Waals surface area contributed by atoms with Crippen molar-refractivity contribution in [1.29, 1.82) is 0 Å². The first-order chi connectivity index (χ1) is 15.8. The summed E-state index contributed by atoms with van der Waals surface area (Å²) in [7, 11) is 0. The Kier molecular flexibility index (Phi) is 7.08. The standard InChI is InChI=1S/C22H24BrN7O2S/c1-13-11-14(2)26-22(25-13)33-12-18-19(21(32)29-9-7-15(8-10-29)20(24)31)27-28-30(18)17-5-3-16(23)4-6-17/h3-6,11,15H,7-10,12H2,1-2H3,(H2,24,31). The Labute approximate surface area is 204 Å². The molecule has 1 aliphatic rings. The minimum atomic E-state index is -0.311. The van der Waals surface area contributed by atoms with E-state index in [0.29, 0.717) is 48.2 Å². The molecule has 11 heteroatoms. The zero-order valence-electron chi connectivity index (χ0n) is 18.4. The molecule has 33 heavy (non-hydrogen) atoms. The Morgan fingerprint density at radius 1 is 1.12 bits per heavy atom. The van der Waals surface area contributed by atoms with Crippen molar-refractivity contribution >= 4 is 39.5 Å². The van der Waals surface area contributed by atoms with Crippen molar-refractivity contribution in [2.75, 3.05) is 13.1 Å². The van der Waals surface area contributed by atoms with E-state index in [1.807, 2.05) is 44.2 Å². The van der Waals surface area contributed by atoms with Crippen LogP contribution in [-0.2, 0) is 10.5 Å². The van der Waals surface area contributed by atoms with Crippen LogP contribution in [0.15, 0.2) is 40.0 Å². The molecule has 172 valence electrons. The first kappa shape index (κ1) is 23.4. The summed E-state index contributed by atoms with van der Waals surface area (Å²) < 4.78 is 2.63. The number of nitrogens with zero attached hydrogens (tertiary/aromatic N) is 6. The van der Waals surface area contributed by atoms with Crippen molar-refractivity contribution in [1.82, 2.24) is 29.9 Å². The summed E-state index contributed by atoms with van der Waals surface area (Å²) in [6.45, 7) is 4.78. The second kappa shape index (κ2) is 10.0. The smallest absolute Gasteiger partial charge is 0.276 e. The predicted octanol–water partition coefficient (Wildman–Crippen LogP) is 3.07. The molecule has 0 saturated carbocycles. The van der Waals surface area contributed by atoms with Gasteiger partial charge in [-0.25, -0.2) is 14.6 Å². The lowest BCUT2D eigenvalue weighted by molar-refractivity contribution is -0.123. The summed E-state index contributed by atoms with van der Waals surface area (Å²) in [5.74, 6) is -0.276. The van der Waals surface area contributed by atoms with Gasteiger partial charge in [0, 0.05) is 40.6 Å². The minimum Gasteiger partial charge on any atom is -0.369 e. The van der Waals surface area contributed by atoms with Gasteiger partial charge in [-0.15, -0.1) is 5.10 Å². The summed E-state index contributed by atoms with van der Waals surface area (Å²) in [5.41, 5.74) is 8.98. The summed E-state index contributed by atoms with van der Waals surface area (Å²) in [5, 5.41) is 9.19. The monoisotopic (exact) mass is 529 g/mol. The van der Waals surface area contributed by atoms with E-state index >= 15 is 0 Å². The first-order valence-electron chi connectivity index (χ1n) is 10.6. The number of primary amides is 1. The van der Waals surface area contributed by atoms with E-state index in [-0.39, 0.29) is 17.7 Å². The van der Waals surface area contributed by atoms with Gasteiger partial charge in [-0.3, -0.25) is 9.59 Å². The van der Waals surface area contributed by atoms with Crippen molar-refractivity contribution in [3.8, 4) is 5.69 Å². The van der Waals surface area contributed by atoms with Gasteiger partial charge in [-0.2, -0.15) is 0 Å². The number of hydrogen-bond acceptors (Lipinski definition) is 7. The number of aromatic nitrogens is 5.